The van der Waals surface area contributed by atoms with Crippen molar-refractivity contribution in [1.82, 2.24) is 19.9 Å². The first-order valence-corrected chi connectivity index (χ1v) is 11.4. The number of benzene rings is 2. The van der Waals surface area contributed by atoms with Gasteiger partial charge < -0.3 is 19.8 Å². The molecule has 0 saturated carbocycles. The third-order valence-electron chi connectivity index (χ3n) is 6.50. The molecule has 4 aromatic rings. The number of nitrogens with zero attached hydrogens (tertiary/aromatic N) is 4. The molecule has 7 heteroatoms. The molecule has 170 valence electrons. The van der Waals surface area contributed by atoms with Gasteiger partial charge in [0.15, 0.2) is 0 Å². The molecule has 0 saturated heterocycles. The van der Waals surface area contributed by atoms with E-state index < -0.39 is 0 Å². The third kappa shape index (κ3) is 4.49. The van der Waals surface area contributed by atoms with Crippen LogP contribution in [0, 0.1) is 12.7 Å². The molecule has 2 aromatic carbocycles. The number of H-pyrrole nitrogens is 2. The summed E-state index contributed by atoms with van der Waals surface area (Å²) in [5.41, 5.74) is 8.74. The van der Waals surface area contributed by atoms with Gasteiger partial charge in [-0.25, -0.2) is 14.4 Å². The number of aryl methyl sites for hydroxylation is 1. The molecule has 1 unspecified atom stereocenters. The summed E-state index contributed by atoms with van der Waals surface area (Å²) in [6, 6.07) is 12.0. The van der Waals surface area contributed by atoms with E-state index in [9.17, 15) is 4.39 Å². The van der Waals surface area contributed by atoms with Crippen molar-refractivity contribution in [2.45, 2.75) is 45.8 Å². The summed E-state index contributed by atoms with van der Waals surface area (Å²) in [6.07, 6.45) is 9.21. The van der Waals surface area contributed by atoms with Gasteiger partial charge in [-0.15, -0.1) is 0 Å². The van der Waals surface area contributed by atoms with Crippen molar-refractivity contribution in [2.75, 3.05) is 16.3 Å². The lowest BCUT2D eigenvalue weighted by Gasteiger charge is -2.24. The molecule has 6 rings (SSSR count). The zero-order valence-electron chi connectivity index (χ0n) is 19.1. The van der Waals surface area contributed by atoms with Crippen LogP contribution < -0.4 is 9.80 Å². The molecule has 0 radical (unpaired) electrons. The number of fused-ring (bicyclic) bond motifs is 2. The summed E-state index contributed by atoms with van der Waals surface area (Å²) < 4.78 is 13.2. The smallest absolute Gasteiger partial charge is 0.123 e. The van der Waals surface area contributed by atoms with Crippen LogP contribution in [0.5, 0.6) is 0 Å². The first-order valence-electron chi connectivity index (χ1n) is 11.4. The molecule has 2 N–H and O–H groups in total. The Morgan fingerprint density at radius 3 is 2.48 bits per heavy atom. The van der Waals surface area contributed by atoms with E-state index in [4.69, 9.17) is 0 Å². The van der Waals surface area contributed by atoms with Gasteiger partial charge in [0.05, 0.1) is 37.1 Å². The zero-order chi connectivity index (χ0) is 22.8. The maximum Gasteiger partial charge on any atom is 0.123 e. The first kappa shape index (κ1) is 21.2. The van der Waals surface area contributed by atoms with Gasteiger partial charge in [-0.1, -0.05) is 18.2 Å². The van der Waals surface area contributed by atoms with Crippen LogP contribution in [0.1, 0.15) is 35.0 Å². The highest BCUT2D eigenvalue weighted by atomic mass is 19.1. The van der Waals surface area contributed by atoms with E-state index in [-0.39, 0.29) is 5.82 Å². The highest BCUT2D eigenvalue weighted by Gasteiger charge is 2.26. The maximum atomic E-state index is 13.2. The molecular formula is C26H29FN6. The molecule has 1 atom stereocenters. The van der Waals surface area contributed by atoms with Crippen LogP contribution in [-0.4, -0.2) is 32.5 Å². The second-order valence-electron chi connectivity index (χ2n) is 8.86. The molecule has 2 aliphatic rings. The lowest BCUT2D eigenvalue weighted by atomic mass is 10.1. The Balaban J connectivity index is 0.000000139. The summed E-state index contributed by atoms with van der Waals surface area (Å²) in [7, 11) is 0. The maximum absolute atomic E-state index is 13.2. The summed E-state index contributed by atoms with van der Waals surface area (Å²) >= 11 is 0. The molecular weight excluding hydrogens is 415 g/mol. The van der Waals surface area contributed by atoms with Crippen LogP contribution in [0.15, 0.2) is 61.4 Å². The minimum Gasteiger partial charge on any atom is -0.365 e. The second kappa shape index (κ2) is 9.10. The molecule has 33 heavy (non-hydrogen) atoms. The highest BCUT2D eigenvalue weighted by Crippen LogP contribution is 2.34. The number of rotatable bonds is 4. The molecule has 0 spiro atoms. The van der Waals surface area contributed by atoms with Gasteiger partial charge in [0.2, 0.25) is 0 Å². The van der Waals surface area contributed by atoms with Gasteiger partial charge >= 0.3 is 0 Å². The Hall–Kier alpha value is -3.61. The van der Waals surface area contributed by atoms with E-state index >= 15 is 0 Å². The van der Waals surface area contributed by atoms with E-state index in [1.54, 1.807) is 18.7 Å². The van der Waals surface area contributed by atoms with Gasteiger partial charge in [-0.2, -0.15) is 0 Å². The number of anilines is 2. The number of aromatic nitrogens is 4. The van der Waals surface area contributed by atoms with Gasteiger partial charge in [-0.05, 0) is 61.6 Å². The van der Waals surface area contributed by atoms with Crippen LogP contribution in [-0.2, 0) is 25.9 Å². The predicted octanol–water partition coefficient (Wildman–Crippen LogP) is 4.78. The second-order valence-corrected chi connectivity index (χ2v) is 8.86. The standard InChI is InChI=1S/C13H14FN3.C13H15N3/c1-9-4-10-5-11(14)2-3-13(10)17(9)7-12-6-15-8-16-12;1-10-3-2-4-11-5-6-16(13(10)11)8-12-7-14-9-15-12/h2-3,5-6,8-9H,4,7H2,1H3,(H,15,16);2-4,7,9H,5-6,8H2,1H3,(H,14,15). The number of hydrogen-bond donors (Lipinski definition) is 2. The van der Waals surface area contributed by atoms with Crippen molar-refractivity contribution in [2.24, 2.45) is 0 Å². The Kier molecular flexibility index (Phi) is 5.86. The highest BCUT2D eigenvalue weighted by molar-refractivity contribution is 5.63. The average Bonchev–Trinajstić information content (AvgIpc) is 3.59. The average molecular weight is 445 g/mol. The Labute approximate surface area is 193 Å². The number of aromatic amines is 2. The van der Waals surface area contributed by atoms with Crippen molar-refractivity contribution in [3.05, 3.63) is 95.3 Å². The molecule has 0 fully saturated rings. The number of nitrogens with one attached hydrogen (secondary N) is 2. The molecule has 2 aliphatic heterocycles. The monoisotopic (exact) mass is 444 g/mol. The van der Waals surface area contributed by atoms with Gasteiger partial charge in [0.25, 0.3) is 0 Å². The Morgan fingerprint density at radius 1 is 1.00 bits per heavy atom. The first-order chi connectivity index (χ1) is 16.1. The van der Waals surface area contributed by atoms with Crippen LogP contribution in [0.3, 0.4) is 0 Å². The fourth-order valence-electron chi connectivity index (χ4n) is 4.94. The van der Waals surface area contributed by atoms with E-state index in [0.717, 1.165) is 49.4 Å². The molecule has 2 aromatic heterocycles. The SMILES string of the molecule is CC1Cc2cc(F)ccc2N1Cc1cnc[nH]1.Cc1cccc2c1N(Cc1cnc[nH]1)CC2. The summed E-state index contributed by atoms with van der Waals surface area (Å²) in [5.74, 6) is -0.153. The fraction of sp³-hybridized carbons (Fsp3) is 0.308. The molecule has 0 bridgehead atoms. The van der Waals surface area contributed by atoms with Crippen molar-refractivity contribution in [1.29, 1.82) is 0 Å². The van der Waals surface area contributed by atoms with Crippen LogP contribution >= 0.6 is 0 Å². The van der Waals surface area contributed by atoms with Gasteiger partial charge in [-0.3, -0.25) is 0 Å². The van der Waals surface area contributed by atoms with Gasteiger partial charge in [0, 0.05) is 36.4 Å². The van der Waals surface area contributed by atoms with E-state index in [2.05, 4.69) is 61.8 Å². The van der Waals surface area contributed by atoms with Crippen molar-refractivity contribution in [3.63, 3.8) is 0 Å². The largest absolute Gasteiger partial charge is 0.365 e. The predicted molar refractivity (Wildman–Crippen MR) is 129 cm³/mol. The number of hydrogen-bond acceptors (Lipinski definition) is 4. The summed E-state index contributed by atoms with van der Waals surface area (Å²) in [4.78, 5) is 19.0. The number of para-hydroxylation sites is 1. The minimum atomic E-state index is -0.153. The van der Waals surface area contributed by atoms with E-state index in [1.807, 2.05) is 18.5 Å². The van der Waals surface area contributed by atoms with Crippen molar-refractivity contribution >= 4 is 11.4 Å². The zero-order valence-corrected chi connectivity index (χ0v) is 19.1. The lowest BCUT2D eigenvalue weighted by Crippen LogP contribution is -2.28. The quantitative estimate of drug-likeness (QED) is 0.476. The van der Waals surface area contributed by atoms with Crippen LogP contribution in [0.25, 0.3) is 0 Å². The Morgan fingerprint density at radius 2 is 1.76 bits per heavy atom. The fourth-order valence-corrected chi connectivity index (χ4v) is 4.94. The molecule has 6 nitrogen and oxygen atoms in total. The molecule has 0 aliphatic carbocycles. The van der Waals surface area contributed by atoms with Crippen LogP contribution in [0.4, 0.5) is 15.8 Å². The summed E-state index contributed by atoms with van der Waals surface area (Å²) in [5, 5.41) is 0. The Bertz CT molecular complexity index is 1200. The van der Waals surface area contributed by atoms with E-state index in [1.165, 1.54) is 28.6 Å². The minimum absolute atomic E-state index is 0.153. The summed E-state index contributed by atoms with van der Waals surface area (Å²) in [6.45, 7) is 7.18. The van der Waals surface area contributed by atoms with E-state index in [0.29, 0.717) is 6.04 Å². The lowest BCUT2D eigenvalue weighted by molar-refractivity contribution is 0.626. The third-order valence-corrected chi connectivity index (χ3v) is 6.50. The molecule has 4 heterocycles. The van der Waals surface area contributed by atoms with Gasteiger partial charge in [0.1, 0.15) is 5.82 Å². The number of imidazole rings is 2. The van der Waals surface area contributed by atoms with Crippen molar-refractivity contribution < 1.29 is 4.39 Å². The molecule has 0 amide bonds. The number of halogens is 1. The normalized spacial score (nSPS) is 16.4. The van der Waals surface area contributed by atoms with Crippen molar-refractivity contribution in [3.8, 4) is 0 Å². The van der Waals surface area contributed by atoms with Crippen LogP contribution in [0.2, 0.25) is 0 Å². The topological polar surface area (TPSA) is 63.8 Å².